The highest BCUT2D eigenvalue weighted by Crippen LogP contribution is 2.12. The molecule has 1 aliphatic rings. The standard InChI is InChI=1S/C16H23N5O2/c1-11-8-13(3)21-15(18-11)14(9-17-21)16(22)19-12(2)10-20-4-6-23-7-5-20/h8-9,12H,4-7,10H2,1-3H3,(H,19,22)/t12-/m1/s1. The van der Waals surface area contributed by atoms with Crippen LogP contribution in [0.5, 0.6) is 0 Å². The van der Waals surface area contributed by atoms with E-state index in [0.29, 0.717) is 11.2 Å². The molecule has 0 aromatic carbocycles. The summed E-state index contributed by atoms with van der Waals surface area (Å²) >= 11 is 0. The molecule has 1 atom stereocenters. The third-order valence-electron chi connectivity index (χ3n) is 4.04. The van der Waals surface area contributed by atoms with E-state index >= 15 is 0 Å². The summed E-state index contributed by atoms with van der Waals surface area (Å²) in [6, 6.07) is 2.00. The topological polar surface area (TPSA) is 71.8 Å². The summed E-state index contributed by atoms with van der Waals surface area (Å²) in [5.74, 6) is -0.127. The van der Waals surface area contributed by atoms with E-state index in [4.69, 9.17) is 4.74 Å². The summed E-state index contributed by atoms with van der Waals surface area (Å²) in [6.45, 7) is 10.1. The minimum Gasteiger partial charge on any atom is -0.379 e. The van der Waals surface area contributed by atoms with Gasteiger partial charge in [0.1, 0.15) is 5.56 Å². The van der Waals surface area contributed by atoms with Gasteiger partial charge in [0.15, 0.2) is 5.65 Å². The Morgan fingerprint density at radius 1 is 1.39 bits per heavy atom. The van der Waals surface area contributed by atoms with E-state index in [1.807, 2.05) is 26.8 Å². The van der Waals surface area contributed by atoms with Gasteiger partial charge in [0.25, 0.3) is 5.91 Å². The number of carbonyl (C=O) groups is 1. The highest BCUT2D eigenvalue weighted by molar-refractivity contribution is 5.99. The number of aromatic nitrogens is 3. The molecule has 2 aromatic heterocycles. The molecule has 0 radical (unpaired) electrons. The molecule has 7 nitrogen and oxygen atoms in total. The van der Waals surface area contributed by atoms with Crippen LogP contribution in [0.15, 0.2) is 12.3 Å². The lowest BCUT2D eigenvalue weighted by atomic mass is 10.2. The molecule has 7 heteroatoms. The van der Waals surface area contributed by atoms with Gasteiger partial charge in [-0.25, -0.2) is 9.50 Å². The summed E-state index contributed by atoms with van der Waals surface area (Å²) < 4.78 is 7.05. The molecule has 1 saturated heterocycles. The fraction of sp³-hybridized carbons (Fsp3) is 0.562. The van der Waals surface area contributed by atoms with Crippen molar-refractivity contribution in [1.29, 1.82) is 0 Å². The molecule has 3 rings (SSSR count). The number of morpholine rings is 1. The van der Waals surface area contributed by atoms with E-state index in [0.717, 1.165) is 44.2 Å². The summed E-state index contributed by atoms with van der Waals surface area (Å²) in [6.07, 6.45) is 1.59. The number of carbonyl (C=O) groups excluding carboxylic acids is 1. The van der Waals surface area contributed by atoms with Crippen molar-refractivity contribution in [3.8, 4) is 0 Å². The Morgan fingerprint density at radius 3 is 2.87 bits per heavy atom. The highest BCUT2D eigenvalue weighted by atomic mass is 16.5. The fourth-order valence-electron chi connectivity index (χ4n) is 2.95. The van der Waals surface area contributed by atoms with Crippen LogP contribution in [0.25, 0.3) is 5.65 Å². The molecular formula is C16H23N5O2. The summed E-state index contributed by atoms with van der Waals surface area (Å²) in [7, 11) is 0. The first-order chi connectivity index (χ1) is 11.0. The molecule has 0 saturated carbocycles. The molecule has 1 fully saturated rings. The van der Waals surface area contributed by atoms with Crippen LogP contribution in [0.1, 0.15) is 28.7 Å². The van der Waals surface area contributed by atoms with Crippen LogP contribution >= 0.6 is 0 Å². The number of fused-ring (bicyclic) bond motifs is 1. The first-order valence-corrected chi connectivity index (χ1v) is 7.97. The third-order valence-corrected chi connectivity index (χ3v) is 4.04. The minimum absolute atomic E-state index is 0.0569. The van der Waals surface area contributed by atoms with Gasteiger partial charge in [0.2, 0.25) is 0 Å². The van der Waals surface area contributed by atoms with Crippen molar-refractivity contribution in [1.82, 2.24) is 24.8 Å². The average molecular weight is 317 g/mol. The predicted octanol–water partition coefficient (Wildman–Crippen LogP) is 0.797. The van der Waals surface area contributed by atoms with Crippen molar-refractivity contribution in [2.45, 2.75) is 26.8 Å². The van der Waals surface area contributed by atoms with Crippen LogP contribution in [0.2, 0.25) is 0 Å². The van der Waals surface area contributed by atoms with Crippen molar-refractivity contribution in [2.24, 2.45) is 0 Å². The normalized spacial score (nSPS) is 17.3. The van der Waals surface area contributed by atoms with Crippen molar-refractivity contribution >= 4 is 11.6 Å². The number of nitrogens with one attached hydrogen (secondary N) is 1. The maximum absolute atomic E-state index is 12.5. The van der Waals surface area contributed by atoms with E-state index in [1.54, 1.807) is 10.7 Å². The van der Waals surface area contributed by atoms with Crippen LogP contribution in [-0.4, -0.2) is 64.3 Å². The van der Waals surface area contributed by atoms with E-state index in [2.05, 4.69) is 20.3 Å². The van der Waals surface area contributed by atoms with Crippen molar-refractivity contribution in [3.05, 3.63) is 29.2 Å². The molecule has 0 aliphatic carbocycles. The zero-order chi connectivity index (χ0) is 16.4. The molecular weight excluding hydrogens is 294 g/mol. The zero-order valence-corrected chi connectivity index (χ0v) is 13.9. The lowest BCUT2D eigenvalue weighted by Gasteiger charge is -2.29. The van der Waals surface area contributed by atoms with Crippen molar-refractivity contribution in [3.63, 3.8) is 0 Å². The average Bonchev–Trinajstić information content (AvgIpc) is 2.92. The molecule has 124 valence electrons. The number of hydrogen-bond donors (Lipinski definition) is 1. The van der Waals surface area contributed by atoms with E-state index in [-0.39, 0.29) is 11.9 Å². The van der Waals surface area contributed by atoms with Crippen LogP contribution in [0, 0.1) is 13.8 Å². The SMILES string of the molecule is Cc1cc(C)n2ncc(C(=O)N[C@H](C)CN3CCOCC3)c2n1. The molecule has 3 heterocycles. The third kappa shape index (κ3) is 3.51. The first-order valence-electron chi connectivity index (χ1n) is 7.97. The van der Waals surface area contributed by atoms with Gasteiger partial charge in [-0.2, -0.15) is 5.10 Å². The van der Waals surface area contributed by atoms with Gasteiger partial charge in [0.05, 0.1) is 19.4 Å². The van der Waals surface area contributed by atoms with E-state index in [9.17, 15) is 4.79 Å². The molecule has 1 N–H and O–H groups in total. The number of nitrogens with zero attached hydrogens (tertiary/aromatic N) is 4. The minimum atomic E-state index is -0.127. The summed E-state index contributed by atoms with van der Waals surface area (Å²) in [4.78, 5) is 19.3. The Labute approximate surface area is 135 Å². The molecule has 1 aliphatic heterocycles. The maximum Gasteiger partial charge on any atom is 0.257 e. The molecule has 1 amide bonds. The van der Waals surface area contributed by atoms with Crippen LogP contribution in [-0.2, 0) is 4.74 Å². The first kappa shape index (κ1) is 15.9. The number of ether oxygens (including phenoxy) is 1. The van der Waals surface area contributed by atoms with Crippen molar-refractivity contribution in [2.75, 3.05) is 32.8 Å². The van der Waals surface area contributed by atoms with Crippen molar-refractivity contribution < 1.29 is 9.53 Å². The van der Waals surface area contributed by atoms with Gasteiger partial charge in [-0.15, -0.1) is 0 Å². The van der Waals surface area contributed by atoms with Crippen LogP contribution < -0.4 is 5.32 Å². The quantitative estimate of drug-likeness (QED) is 0.903. The monoisotopic (exact) mass is 317 g/mol. The van der Waals surface area contributed by atoms with E-state index < -0.39 is 0 Å². The second-order valence-corrected chi connectivity index (χ2v) is 6.12. The number of aryl methyl sites for hydroxylation is 2. The smallest absolute Gasteiger partial charge is 0.257 e. The Kier molecular flexibility index (Phi) is 4.58. The lowest BCUT2D eigenvalue weighted by molar-refractivity contribution is 0.0342. The molecule has 23 heavy (non-hydrogen) atoms. The van der Waals surface area contributed by atoms with E-state index in [1.165, 1.54) is 0 Å². The number of hydrogen-bond acceptors (Lipinski definition) is 5. The van der Waals surface area contributed by atoms with Gasteiger partial charge in [-0.3, -0.25) is 9.69 Å². The highest BCUT2D eigenvalue weighted by Gasteiger charge is 2.19. The Hall–Kier alpha value is -1.99. The zero-order valence-electron chi connectivity index (χ0n) is 13.9. The second kappa shape index (κ2) is 6.64. The summed E-state index contributed by atoms with van der Waals surface area (Å²) in [5, 5.41) is 7.32. The van der Waals surface area contributed by atoms with Gasteiger partial charge in [-0.05, 0) is 26.8 Å². The Balaban J connectivity index is 1.70. The number of amides is 1. The van der Waals surface area contributed by atoms with Gasteiger partial charge in [-0.1, -0.05) is 0 Å². The largest absolute Gasteiger partial charge is 0.379 e. The Bertz CT molecular complexity index is 706. The fourth-order valence-corrected chi connectivity index (χ4v) is 2.95. The van der Waals surface area contributed by atoms with Crippen LogP contribution in [0.4, 0.5) is 0 Å². The molecule has 0 spiro atoms. The summed E-state index contributed by atoms with van der Waals surface area (Å²) in [5.41, 5.74) is 2.98. The lowest BCUT2D eigenvalue weighted by Crippen LogP contribution is -2.46. The maximum atomic E-state index is 12.5. The molecule has 2 aromatic rings. The van der Waals surface area contributed by atoms with Crippen LogP contribution in [0.3, 0.4) is 0 Å². The molecule has 0 unspecified atom stereocenters. The van der Waals surface area contributed by atoms with Gasteiger partial charge in [0, 0.05) is 37.1 Å². The van der Waals surface area contributed by atoms with Gasteiger partial charge < -0.3 is 10.1 Å². The Morgan fingerprint density at radius 2 is 2.13 bits per heavy atom. The predicted molar refractivity (Wildman–Crippen MR) is 86.6 cm³/mol. The number of rotatable bonds is 4. The molecule has 0 bridgehead atoms. The van der Waals surface area contributed by atoms with Gasteiger partial charge >= 0.3 is 0 Å². The second-order valence-electron chi connectivity index (χ2n) is 6.12.